The minimum absolute atomic E-state index is 0.107. The van der Waals surface area contributed by atoms with Crippen LogP contribution in [0.5, 0.6) is 0 Å². The zero-order valence-corrected chi connectivity index (χ0v) is 18.8. The van der Waals surface area contributed by atoms with Crippen LogP contribution in [0.3, 0.4) is 0 Å². The van der Waals surface area contributed by atoms with Crippen molar-refractivity contribution >= 4 is 28.3 Å². The maximum Gasteiger partial charge on any atom is 0.263 e. The van der Waals surface area contributed by atoms with E-state index in [1.165, 1.54) is 47.5 Å². The molecule has 0 bridgehead atoms. The zero-order chi connectivity index (χ0) is 23.9. The summed E-state index contributed by atoms with van der Waals surface area (Å²) in [5.74, 6) is -1.54. The lowest BCUT2D eigenvalue weighted by molar-refractivity contribution is 0.0954. The molecule has 0 saturated carbocycles. The minimum atomic E-state index is -0.456. The molecule has 0 atom stereocenters. The normalized spacial score (nSPS) is 10.8. The van der Waals surface area contributed by atoms with Gasteiger partial charge in [-0.05, 0) is 48.4 Å². The van der Waals surface area contributed by atoms with E-state index in [-0.39, 0.29) is 23.8 Å². The molecule has 0 spiro atoms. The lowest BCUT2D eigenvalue weighted by atomic mass is 10.1. The van der Waals surface area contributed by atoms with E-state index >= 15 is 0 Å². The maximum absolute atomic E-state index is 13.3. The van der Waals surface area contributed by atoms with E-state index in [4.69, 9.17) is 0 Å². The molecule has 0 unspecified atom stereocenters. The SMILES string of the molecule is O=C(NCCCn1ccnc1)c1cnc(N(Cc2ccc(F)cc2)C(=O)c2ccc(F)cc2)s1. The van der Waals surface area contributed by atoms with Crippen molar-refractivity contribution in [2.45, 2.75) is 19.5 Å². The highest BCUT2D eigenvalue weighted by Crippen LogP contribution is 2.26. The van der Waals surface area contributed by atoms with E-state index in [9.17, 15) is 18.4 Å². The number of benzene rings is 2. The summed E-state index contributed by atoms with van der Waals surface area (Å²) in [6.45, 7) is 1.31. The lowest BCUT2D eigenvalue weighted by Crippen LogP contribution is -2.30. The number of rotatable bonds is 9. The molecule has 0 saturated heterocycles. The molecular weight excluding hydrogens is 460 g/mol. The number of aromatic nitrogens is 3. The van der Waals surface area contributed by atoms with Crippen LogP contribution in [-0.2, 0) is 13.1 Å². The van der Waals surface area contributed by atoms with Crippen LogP contribution in [0.4, 0.5) is 13.9 Å². The van der Waals surface area contributed by atoms with Gasteiger partial charge in [0.05, 0.1) is 19.1 Å². The number of carbonyl (C=O) groups excluding carboxylic acids is 2. The van der Waals surface area contributed by atoms with Gasteiger partial charge >= 0.3 is 0 Å². The Morgan fingerprint density at radius 1 is 1.03 bits per heavy atom. The van der Waals surface area contributed by atoms with Gasteiger partial charge in [-0.15, -0.1) is 0 Å². The fourth-order valence-corrected chi connectivity index (χ4v) is 4.04. The van der Waals surface area contributed by atoms with Gasteiger partial charge in [0.1, 0.15) is 16.5 Å². The van der Waals surface area contributed by atoms with E-state index < -0.39 is 11.7 Å². The van der Waals surface area contributed by atoms with E-state index in [0.29, 0.717) is 22.1 Å². The van der Waals surface area contributed by atoms with Crippen molar-refractivity contribution in [2.75, 3.05) is 11.4 Å². The fraction of sp³-hybridized carbons (Fsp3) is 0.167. The van der Waals surface area contributed by atoms with Crippen molar-refractivity contribution in [2.24, 2.45) is 0 Å². The smallest absolute Gasteiger partial charge is 0.263 e. The van der Waals surface area contributed by atoms with Crippen LogP contribution in [0.2, 0.25) is 0 Å². The molecule has 0 fully saturated rings. The maximum atomic E-state index is 13.3. The van der Waals surface area contributed by atoms with Gasteiger partial charge in [-0.1, -0.05) is 23.5 Å². The Kier molecular flexibility index (Phi) is 7.38. The Balaban J connectivity index is 1.48. The van der Waals surface area contributed by atoms with E-state index in [1.807, 2.05) is 10.8 Å². The number of amides is 2. The monoisotopic (exact) mass is 481 g/mol. The van der Waals surface area contributed by atoms with E-state index in [2.05, 4.69) is 15.3 Å². The van der Waals surface area contributed by atoms with E-state index in [1.54, 1.807) is 24.7 Å². The fourth-order valence-electron chi connectivity index (χ4n) is 3.21. The van der Waals surface area contributed by atoms with Crippen LogP contribution in [-0.4, -0.2) is 32.9 Å². The molecule has 174 valence electrons. The number of nitrogens with zero attached hydrogens (tertiary/aromatic N) is 4. The molecule has 10 heteroatoms. The Hall–Kier alpha value is -3.92. The Morgan fingerprint density at radius 2 is 1.74 bits per heavy atom. The molecule has 34 heavy (non-hydrogen) atoms. The largest absolute Gasteiger partial charge is 0.351 e. The standard InChI is InChI=1S/C24H21F2N5O2S/c25-19-6-2-17(3-7-19)15-31(23(33)18-4-8-20(26)9-5-18)24-29-14-21(34-24)22(32)28-10-1-12-30-13-11-27-16-30/h2-9,11,13-14,16H,1,10,12,15H2,(H,28,32). The first-order valence-electron chi connectivity index (χ1n) is 10.5. The number of thiazole rings is 1. The highest BCUT2D eigenvalue weighted by atomic mass is 32.1. The topological polar surface area (TPSA) is 80.1 Å². The summed E-state index contributed by atoms with van der Waals surface area (Å²) in [5, 5.41) is 3.16. The average molecular weight is 482 g/mol. The lowest BCUT2D eigenvalue weighted by Gasteiger charge is -2.20. The number of halogens is 2. The number of hydrogen-bond donors (Lipinski definition) is 1. The molecule has 4 aromatic rings. The Labute approximate surface area is 198 Å². The quantitative estimate of drug-likeness (QED) is 0.362. The number of anilines is 1. The predicted molar refractivity (Wildman–Crippen MR) is 125 cm³/mol. The van der Waals surface area contributed by atoms with Crippen molar-refractivity contribution in [3.8, 4) is 0 Å². The van der Waals surface area contributed by atoms with Gasteiger partial charge in [-0.2, -0.15) is 0 Å². The van der Waals surface area contributed by atoms with Gasteiger partial charge in [0.15, 0.2) is 5.13 Å². The number of imidazole rings is 1. The van der Waals surface area contributed by atoms with Crippen LogP contribution in [0.15, 0.2) is 73.4 Å². The Morgan fingerprint density at radius 3 is 2.41 bits per heavy atom. The number of carbonyl (C=O) groups is 2. The van der Waals surface area contributed by atoms with Crippen molar-refractivity contribution in [1.82, 2.24) is 19.9 Å². The number of nitrogens with one attached hydrogen (secondary N) is 1. The molecular formula is C24H21F2N5O2S. The van der Waals surface area contributed by atoms with E-state index in [0.717, 1.165) is 24.3 Å². The molecule has 2 heterocycles. The molecule has 0 aliphatic heterocycles. The van der Waals surface area contributed by atoms with Crippen molar-refractivity contribution < 1.29 is 18.4 Å². The average Bonchev–Trinajstić information content (AvgIpc) is 3.54. The van der Waals surface area contributed by atoms with Gasteiger partial charge in [-0.25, -0.2) is 18.7 Å². The molecule has 4 rings (SSSR count). The van der Waals surface area contributed by atoms with Gasteiger partial charge in [-0.3, -0.25) is 14.5 Å². The second-order valence-electron chi connectivity index (χ2n) is 7.44. The highest BCUT2D eigenvalue weighted by molar-refractivity contribution is 7.17. The van der Waals surface area contributed by atoms with Crippen LogP contribution < -0.4 is 10.2 Å². The van der Waals surface area contributed by atoms with Crippen LogP contribution in [0.25, 0.3) is 0 Å². The second-order valence-corrected chi connectivity index (χ2v) is 8.45. The first-order valence-corrected chi connectivity index (χ1v) is 11.3. The van der Waals surface area contributed by atoms with Gasteiger partial charge in [0.2, 0.25) is 0 Å². The summed E-state index contributed by atoms with van der Waals surface area (Å²) in [5.41, 5.74) is 0.946. The first kappa shape index (κ1) is 23.2. The summed E-state index contributed by atoms with van der Waals surface area (Å²) < 4.78 is 28.6. The molecule has 0 aliphatic rings. The predicted octanol–water partition coefficient (Wildman–Crippen LogP) is 4.28. The summed E-state index contributed by atoms with van der Waals surface area (Å²) in [7, 11) is 0. The third kappa shape index (κ3) is 5.90. The molecule has 2 amide bonds. The van der Waals surface area contributed by atoms with Crippen molar-refractivity contribution in [3.05, 3.63) is 101 Å². The second kappa shape index (κ2) is 10.8. The summed E-state index contributed by atoms with van der Waals surface area (Å²) in [6.07, 6.45) is 7.41. The zero-order valence-electron chi connectivity index (χ0n) is 18.0. The summed E-state index contributed by atoms with van der Waals surface area (Å²) >= 11 is 1.07. The van der Waals surface area contributed by atoms with Crippen LogP contribution in [0.1, 0.15) is 32.0 Å². The van der Waals surface area contributed by atoms with Crippen LogP contribution in [0, 0.1) is 11.6 Å². The summed E-state index contributed by atoms with van der Waals surface area (Å²) in [4.78, 5) is 35.8. The first-order chi connectivity index (χ1) is 16.5. The molecule has 0 aliphatic carbocycles. The van der Waals surface area contributed by atoms with Crippen LogP contribution >= 0.6 is 11.3 Å². The third-order valence-corrected chi connectivity index (χ3v) is 6.00. The minimum Gasteiger partial charge on any atom is -0.351 e. The van der Waals surface area contributed by atoms with Gasteiger partial charge in [0.25, 0.3) is 11.8 Å². The molecule has 2 aromatic carbocycles. The third-order valence-electron chi connectivity index (χ3n) is 4.98. The van der Waals surface area contributed by atoms with Gasteiger partial charge < -0.3 is 9.88 Å². The number of aryl methyl sites for hydroxylation is 1. The molecule has 0 radical (unpaired) electrons. The number of hydrogen-bond acceptors (Lipinski definition) is 5. The Bertz CT molecular complexity index is 1240. The molecule has 7 nitrogen and oxygen atoms in total. The highest BCUT2D eigenvalue weighted by Gasteiger charge is 2.23. The van der Waals surface area contributed by atoms with Crippen molar-refractivity contribution in [3.63, 3.8) is 0 Å². The summed E-state index contributed by atoms with van der Waals surface area (Å²) in [6, 6.07) is 10.9. The van der Waals surface area contributed by atoms with Gasteiger partial charge in [0, 0.05) is 31.0 Å². The van der Waals surface area contributed by atoms with Crippen molar-refractivity contribution in [1.29, 1.82) is 0 Å². The molecule has 1 N–H and O–H groups in total. The molecule has 2 aromatic heterocycles.